The number of aromatic nitrogens is 1. The van der Waals surface area contributed by atoms with E-state index in [9.17, 15) is 18.4 Å². The van der Waals surface area contributed by atoms with Gasteiger partial charge < -0.3 is 4.74 Å². The number of hydrogen-bond acceptors (Lipinski definition) is 7. The van der Waals surface area contributed by atoms with Gasteiger partial charge in [0, 0.05) is 18.8 Å². The molecular weight excluding hydrogens is 436 g/mol. The molecular formula is C22H24N2O5S2. The Morgan fingerprint density at radius 1 is 1.19 bits per heavy atom. The molecule has 2 N–H and O–H groups in total. The van der Waals surface area contributed by atoms with Crippen LogP contribution >= 0.6 is 11.3 Å². The first kappa shape index (κ1) is 21.9. The lowest BCUT2D eigenvalue weighted by molar-refractivity contribution is -0.134. The minimum atomic E-state index is -4.07. The lowest BCUT2D eigenvalue weighted by Crippen LogP contribution is -2.54. The maximum absolute atomic E-state index is 13.5. The van der Waals surface area contributed by atoms with Gasteiger partial charge in [-0.1, -0.05) is 37.6 Å². The van der Waals surface area contributed by atoms with Gasteiger partial charge in [-0.15, -0.1) is 11.3 Å². The Balaban J connectivity index is 1.72. The van der Waals surface area contributed by atoms with Crippen LogP contribution in [0, 0.1) is 0 Å². The summed E-state index contributed by atoms with van der Waals surface area (Å²) in [5.74, 6) is -0.923. The molecule has 1 aromatic heterocycles. The van der Waals surface area contributed by atoms with Crippen LogP contribution < -0.4 is 5.48 Å². The zero-order valence-corrected chi connectivity index (χ0v) is 18.8. The van der Waals surface area contributed by atoms with Crippen molar-refractivity contribution in [1.82, 2.24) is 10.5 Å². The molecule has 0 bridgehead atoms. The van der Waals surface area contributed by atoms with Gasteiger partial charge in [-0.3, -0.25) is 10.0 Å². The van der Waals surface area contributed by atoms with E-state index in [0.29, 0.717) is 5.52 Å². The third kappa shape index (κ3) is 3.87. The van der Waals surface area contributed by atoms with Crippen LogP contribution in [0.4, 0.5) is 0 Å². The monoisotopic (exact) mass is 460 g/mol. The van der Waals surface area contributed by atoms with E-state index in [1.165, 1.54) is 23.0 Å². The number of amides is 1. The average Bonchev–Trinajstić information content (AvgIpc) is 3.23. The summed E-state index contributed by atoms with van der Waals surface area (Å²) in [6, 6.07) is 12.9. The highest BCUT2D eigenvalue weighted by Gasteiger charge is 2.52. The van der Waals surface area contributed by atoms with E-state index >= 15 is 0 Å². The molecule has 0 aliphatic carbocycles. The lowest BCUT2D eigenvalue weighted by Gasteiger charge is -2.34. The number of hydroxylamine groups is 1. The number of sulfone groups is 1. The third-order valence-electron chi connectivity index (χ3n) is 5.74. The third-order valence-corrected chi connectivity index (χ3v) is 9.30. The predicted octanol–water partition coefficient (Wildman–Crippen LogP) is 3.74. The summed E-state index contributed by atoms with van der Waals surface area (Å²) in [5, 5.41) is 10.0. The molecule has 2 heterocycles. The SMILES string of the molecule is CCCc1ccc(-c2nc3ccc(S(=O)(=O)C4(C(=O)NO)CCOCC4)cc3s2)cc1. The van der Waals surface area contributed by atoms with Crippen molar-refractivity contribution < 1.29 is 23.2 Å². The Bertz CT molecular complexity index is 1200. The number of nitrogens with one attached hydrogen (secondary N) is 1. The highest BCUT2D eigenvalue weighted by atomic mass is 32.2. The topological polar surface area (TPSA) is 106 Å². The summed E-state index contributed by atoms with van der Waals surface area (Å²) in [6.07, 6.45) is 2.07. The number of aryl methyl sites for hydroxylation is 1. The number of carbonyl (C=O) groups excluding carboxylic acids is 1. The van der Waals surface area contributed by atoms with Gasteiger partial charge in [0.1, 0.15) is 5.01 Å². The standard InChI is InChI=1S/C22H24N2O5S2/c1-2-3-15-4-6-16(7-5-15)20-23-18-9-8-17(14-19(18)30-20)31(27,28)22(21(25)24-26)10-12-29-13-11-22/h4-9,14,26H,2-3,10-13H2,1H3,(H,24,25). The number of hydrogen-bond donors (Lipinski definition) is 2. The van der Waals surface area contributed by atoms with Crippen molar-refractivity contribution in [3.05, 3.63) is 48.0 Å². The summed E-state index contributed by atoms with van der Waals surface area (Å²) < 4.78 is 31.2. The number of benzene rings is 2. The normalized spacial score (nSPS) is 16.3. The Morgan fingerprint density at radius 3 is 2.55 bits per heavy atom. The van der Waals surface area contributed by atoms with Crippen molar-refractivity contribution in [2.45, 2.75) is 42.2 Å². The Kier molecular flexibility index (Phi) is 6.11. The molecule has 4 rings (SSSR count). The molecule has 1 aliphatic rings. The minimum Gasteiger partial charge on any atom is -0.381 e. The first-order valence-electron chi connectivity index (χ1n) is 10.2. The molecule has 164 valence electrons. The van der Waals surface area contributed by atoms with Gasteiger partial charge in [-0.05, 0) is 43.0 Å². The predicted molar refractivity (Wildman–Crippen MR) is 119 cm³/mol. The van der Waals surface area contributed by atoms with Crippen LogP contribution in [0.1, 0.15) is 31.7 Å². The van der Waals surface area contributed by atoms with Crippen LogP contribution in [0.2, 0.25) is 0 Å². The van der Waals surface area contributed by atoms with Crippen LogP contribution in [0.3, 0.4) is 0 Å². The maximum atomic E-state index is 13.5. The Hall–Kier alpha value is -2.33. The highest BCUT2D eigenvalue weighted by Crippen LogP contribution is 2.38. The number of fused-ring (bicyclic) bond motifs is 1. The number of ether oxygens (including phenoxy) is 1. The molecule has 0 unspecified atom stereocenters. The summed E-state index contributed by atoms with van der Waals surface area (Å²) in [7, 11) is -4.07. The van der Waals surface area contributed by atoms with Crippen LogP contribution in [0.15, 0.2) is 47.4 Å². The molecule has 1 aliphatic heterocycles. The van der Waals surface area contributed by atoms with E-state index in [1.807, 2.05) is 12.1 Å². The van der Waals surface area contributed by atoms with Gasteiger partial charge in [0.2, 0.25) is 0 Å². The van der Waals surface area contributed by atoms with Crippen molar-refractivity contribution in [3.63, 3.8) is 0 Å². The van der Waals surface area contributed by atoms with E-state index in [1.54, 1.807) is 17.6 Å². The van der Waals surface area contributed by atoms with Gasteiger partial charge in [0.05, 0.1) is 15.1 Å². The Morgan fingerprint density at radius 2 is 1.90 bits per heavy atom. The summed E-state index contributed by atoms with van der Waals surface area (Å²) in [5.41, 5.74) is 4.49. The average molecular weight is 461 g/mol. The fourth-order valence-corrected chi connectivity index (χ4v) is 6.99. The number of nitrogens with zero attached hydrogens (tertiary/aromatic N) is 1. The quantitative estimate of drug-likeness (QED) is 0.429. The van der Waals surface area contributed by atoms with Gasteiger partial charge in [0.25, 0.3) is 5.91 Å². The number of rotatable bonds is 6. The molecule has 0 spiro atoms. The molecule has 1 amide bonds. The number of thiazole rings is 1. The molecule has 0 radical (unpaired) electrons. The number of carbonyl (C=O) groups is 1. The van der Waals surface area contributed by atoms with Gasteiger partial charge >= 0.3 is 0 Å². The smallest absolute Gasteiger partial charge is 0.265 e. The van der Waals surface area contributed by atoms with Gasteiger partial charge in [-0.2, -0.15) is 0 Å². The minimum absolute atomic E-state index is 0.0161. The van der Waals surface area contributed by atoms with Crippen molar-refractivity contribution >= 4 is 37.3 Å². The van der Waals surface area contributed by atoms with Gasteiger partial charge in [-0.25, -0.2) is 18.9 Å². The fraction of sp³-hybridized carbons (Fsp3) is 0.364. The first-order chi connectivity index (χ1) is 14.9. The van der Waals surface area contributed by atoms with E-state index < -0.39 is 20.5 Å². The van der Waals surface area contributed by atoms with Crippen molar-refractivity contribution in [1.29, 1.82) is 0 Å². The van der Waals surface area contributed by atoms with E-state index in [-0.39, 0.29) is 31.0 Å². The fourth-order valence-electron chi connectivity index (χ4n) is 3.94. The zero-order chi connectivity index (χ0) is 22.1. The Labute approximate surface area is 185 Å². The molecule has 1 saturated heterocycles. The van der Waals surface area contributed by atoms with E-state index in [2.05, 4.69) is 24.0 Å². The van der Waals surface area contributed by atoms with Crippen molar-refractivity contribution in [2.24, 2.45) is 0 Å². The van der Waals surface area contributed by atoms with E-state index in [4.69, 9.17) is 4.74 Å². The molecule has 0 atom stereocenters. The lowest BCUT2D eigenvalue weighted by atomic mass is 9.98. The molecule has 7 nitrogen and oxygen atoms in total. The van der Waals surface area contributed by atoms with E-state index in [0.717, 1.165) is 28.1 Å². The molecule has 3 aromatic rings. The largest absolute Gasteiger partial charge is 0.381 e. The molecule has 1 fully saturated rings. The molecule has 2 aromatic carbocycles. The summed E-state index contributed by atoms with van der Waals surface area (Å²) in [4.78, 5) is 17.1. The summed E-state index contributed by atoms with van der Waals surface area (Å²) in [6.45, 7) is 2.41. The van der Waals surface area contributed by atoms with Crippen LogP contribution in [-0.4, -0.2) is 42.5 Å². The van der Waals surface area contributed by atoms with Gasteiger partial charge in [0.15, 0.2) is 14.6 Å². The second kappa shape index (κ2) is 8.66. The molecule has 0 saturated carbocycles. The zero-order valence-electron chi connectivity index (χ0n) is 17.1. The van der Waals surface area contributed by atoms with Crippen LogP contribution in [0.25, 0.3) is 20.8 Å². The first-order valence-corrected chi connectivity index (χ1v) is 12.5. The second-order valence-corrected chi connectivity index (χ2v) is 10.9. The highest BCUT2D eigenvalue weighted by molar-refractivity contribution is 7.93. The molecule has 31 heavy (non-hydrogen) atoms. The molecule has 9 heteroatoms. The summed E-state index contributed by atoms with van der Waals surface area (Å²) >= 11 is 1.41. The second-order valence-electron chi connectivity index (χ2n) is 7.65. The van der Waals surface area contributed by atoms with Crippen LogP contribution in [0.5, 0.6) is 0 Å². The van der Waals surface area contributed by atoms with Crippen molar-refractivity contribution in [3.8, 4) is 10.6 Å². The van der Waals surface area contributed by atoms with Crippen LogP contribution in [-0.2, 0) is 25.8 Å². The van der Waals surface area contributed by atoms with Crippen molar-refractivity contribution in [2.75, 3.05) is 13.2 Å². The maximum Gasteiger partial charge on any atom is 0.265 e.